The van der Waals surface area contributed by atoms with Crippen LogP contribution in [-0.2, 0) is 0 Å². The first kappa shape index (κ1) is 19.6. The molecule has 0 aliphatic carbocycles. The number of hydrogen-bond acceptors (Lipinski definition) is 7. The van der Waals surface area contributed by atoms with Gasteiger partial charge in [-0.05, 0) is 51.2 Å². The van der Waals surface area contributed by atoms with Crippen LogP contribution in [0.3, 0.4) is 0 Å². The standard InChI is InChI=1S/C17H20Cl2N6O2/c1-23-7-5-12(6-8-23)24(2)17-15(25(26)27)16(20-10-21-17)22-14-9-11(18)3-4-13(14)19/h3-4,9-10,12H,5-8H2,1-2H3,(H,20,21,22). The maximum atomic E-state index is 11.8. The highest BCUT2D eigenvalue weighted by Crippen LogP contribution is 2.37. The van der Waals surface area contributed by atoms with Crippen LogP contribution < -0.4 is 10.2 Å². The van der Waals surface area contributed by atoms with E-state index in [4.69, 9.17) is 23.2 Å². The van der Waals surface area contributed by atoms with Gasteiger partial charge < -0.3 is 15.1 Å². The predicted octanol–water partition coefficient (Wildman–Crippen LogP) is 3.97. The summed E-state index contributed by atoms with van der Waals surface area (Å²) in [6.07, 6.45) is 3.14. The molecule has 8 nitrogen and oxygen atoms in total. The molecule has 0 amide bonds. The highest BCUT2D eigenvalue weighted by molar-refractivity contribution is 6.35. The van der Waals surface area contributed by atoms with Crippen LogP contribution in [0.5, 0.6) is 0 Å². The lowest BCUT2D eigenvalue weighted by Crippen LogP contribution is -2.42. The Kier molecular flexibility index (Phi) is 5.98. The number of rotatable bonds is 5. The van der Waals surface area contributed by atoms with Crippen molar-refractivity contribution in [3.8, 4) is 0 Å². The predicted molar refractivity (Wildman–Crippen MR) is 107 cm³/mol. The number of benzene rings is 1. The van der Waals surface area contributed by atoms with Crippen LogP contribution in [-0.4, -0.2) is 53.0 Å². The molecule has 1 aliphatic heterocycles. The smallest absolute Gasteiger partial charge is 0.351 e. The van der Waals surface area contributed by atoms with E-state index in [0.717, 1.165) is 25.9 Å². The van der Waals surface area contributed by atoms with Gasteiger partial charge in [0, 0.05) is 18.1 Å². The summed E-state index contributed by atoms with van der Waals surface area (Å²) in [5, 5.41) is 15.6. The zero-order chi connectivity index (χ0) is 19.6. The molecule has 3 rings (SSSR count). The second kappa shape index (κ2) is 8.24. The molecule has 0 saturated carbocycles. The second-order valence-electron chi connectivity index (χ2n) is 6.55. The summed E-state index contributed by atoms with van der Waals surface area (Å²) in [7, 11) is 3.90. The molecule has 0 unspecified atom stereocenters. The van der Waals surface area contributed by atoms with Crippen LogP contribution in [0.2, 0.25) is 10.0 Å². The average molecular weight is 411 g/mol. The Balaban J connectivity index is 1.95. The Morgan fingerprint density at radius 3 is 2.67 bits per heavy atom. The van der Waals surface area contributed by atoms with Crippen LogP contribution in [0.25, 0.3) is 0 Å². The number of nitrogens with zero attached hydrogens (tertiary/aromatic N) is 5. The zero-order valence-electron chi connectivity index (χ0n) is 15.0. The maximum Gasteiger partial charge on any atom is 0.353 e. The van der Waals surface area contributed by atoms with E-state index in [1.54, 1.807) is 18.2 Å². The third kappa shape index (κ3) is 4.40. The van der Waals surface area contributed by atoms with Crippen molar-refractivity contribution in [2.75, 3.05) is 37.4 Å². The molecule has 1 aliphatic rings. The van der Waals surface area contributed by atoms with Gasteiger partial charge in [0.25, 0.3) is 0 Å². The van der Waals surface area contributed by atoms with Gasteiger partial charge in [-0.15, -0.1) is 0 Å². The third-order valence-corrected chi connectivity index (χ3v) is 5.30. The van der Waals surface area contributed by atoms with E-state index in [0.29, 0.717) is 15.7 Å². The topological polar surface area (TPSA) is 87.4 Å². The number of likely N-dealkylation sites (tertiary alicyclic amines) is 1. The van der Waals surface area contributed by atoms with Gasteiger partial charge in [-0.25, -0.2) is 9.97 Å². The van der Waals surface area contributed by atoms with Gasteiger partial charge in [0.2, 0.25) is 11.6 Å². The van der Waals surface area contributed by atoms with Crippen molar-refractivity contribution in [3.05, 3.63) is 44.7 Å². The van der Waals surface area contributed by atoms with Gasteiger partial charge >= 0.3 is 5.69 Å². The first-order valence-electron chi connectivity index (χ1n) is 8.49. The molecule has 1 saturated heterocycles. The molecule has 0 spiro atoms. The first-order valence-corrected chi connectivity index (χ1v) is 9.25. The summed E-state index contributed by atoms with van der Waals surface area (Å²) < 4.78 is 0. The van der Waals surface area contributed by atoms with Crippen molar-refractivity contribution >= 4 is 46.2 Å². The monoisotopic (exact) mass is 410 g/mol. The molecule has 2 aromatic rings. The summed E-state index contributed by atoms with van der Waals surface area (Å²) in [6, 6.07) is 5.03. The number of nitro groups is 1. The molecule has 1 fully saturated rings. The fraction of sp³-hybridized carbons (Fsp3) is 0.412. The van der Waals surface area contributed by atoms with Crippen LogP contribution in [0.15, 0.2) is 24.5 Å². The Hall–Kier alpha value is -2.16. The van der Waals surface area contributed by atoms with Crippen LogP contribution in [0, 0.1) is 10.1 Å². The molecule has 144 valence electrons. The molecule has 1 aromatic heterocycles. The normalized spacial score (nSPS) is 15.6. The fourth-order valence-corrected chi connectivity index (χ4v) is 3.50. The van der Waals surface area contributed by atoms with Crippen molar-refractivity contribution < 1.29 is 4.92 Å². The summed E-state index contributed by atoms with van der Waals surface area (Å²) in [5.74, 6) is 0.360. The van der Waals surface area contributed by atoms with Gasteiger partial charge in [-0.1, -0.05) is 23.2 Å². The molecule has 0 atom stereocenters. The Morgan fingerprint density at radius 2 is 2.00 bits per heavy atom. The minimum Gasteiger partial charge on any atom is -0.351 e. The lowest BCUT2D eigenvalue weighted by molar-refractivity contribution is -0.383. The molecule has 2 heterocycles. The first-order chi connectivity index (χ1) is 12.9. The highest BCUT2D eigenvalue weighted by atomic mass is 35.5. The van der Waals surface area contributed by atoms with Crippen LogP contribution in [0.4, 0.5) is 23.0 Å². The van der Waals surface area contributed by atoms with Crippen molar-refractivity contribution in [1.29, 1.82) is 0 Å². The SMILES string of the molecule is CN1CCC(N(C)c2ncnc(Nc3cc(Cl)ccc3Cl)c2[N+](=O)[O-])CC1. The van der Waals surface area contributed by atoms with Gasteiger partial charge in [0.15, 0.2) is 0 Å². The van der Waals surface area contributed by atoms with E-state index in [-0.39, 0.29) is 23.4 Å². The molecule has 1 N–H and O–H groups in total. The number of nitrogens with one attached hydrogen (secondary N) is 1. The van der Waals surface area contributed by atoms with E-state index >= 15 is 0 Å². The van der Waals surface area contributed by atoms with Crippen molar-refractivity contribution in [2.45, 2.75) is 18.9 Å². The third-order valence-electron chi connectivity index (χ3n) is 4.74. The number of hydrogen-bond donors (Lipinski definition) is 1. The second-order valence-corrected chi connectivity index (χ2v) is 7.39. The van der Waals surface area contributed by atoms with Crippen LogP contribution in [0.1, 0.15) is 12.8 Å². The molecular formula is C17H20Cl2N6O2. The van der Waals surface area contributed by atoms with Gasteiger partial charge in [0.05, 0.1) is 15.6 Å². The minimum atomic E-state index is -0.471. The fourth-order valence-electron chi connectivity index (χ4n) is 3.16. The maximum absolute atomic E-state index is 11.8. The minimum absolute atomic E-state index is 0.0777. The molecule has 1 aromatic carbocycles. The molecule has 0 bridgehead atoms. The average Bonchev–Trinajstić information content (AvgIpc) is 2.64. The lowest BCUT2D eigenvalue weighted by Gasteiger charge is -2.35. The summed E-state index contributed by atoms with van der Waals surface area (Å²) in [6.45, 7) is 1.88. The largest absolute Gasteiger partial charge is 0.353 e. The molecule has 27 heavy (non-hydrogen) atoms. The van der Waals surface area contributed by atoms with E-state index < -0.39 is 4.92 Å². The Labute approximate surface area is 167 Å². The van der Waals surface area contributed by atoms with E-state index in [1.807, 2.05) is 11.9 Å². The zero-order valence-corrected chi connectivity index (χ0v) is 16.5. The van der Waals surface area contributed by atoms with Gasteiger partial charge in [-0.2, -0.15) is 0 Å². The quantitative estimate of drug-likeness (QED) is 0.589. The Morgan fingerprint density at radius 1 is 1.30 bits per heavy atom. The summed E-state index contributed by atoms with van der Waals surface area (Å²) >= 11 is 12.2. The van der Waals surface area contributed by atoms with Crippen LogP contribution >= 0.6 is 23.2 Å². The van der Waals surface area contributed by atoms with Gasteiger partial charge in [-0.3, -0.25) is 10.1 Å². The number of aromatic nitrogens is 2. The summed E-state index contributed by atoms with van der Waals surface area (Å²) in [4.78, 5) is 23.7. The number of halogens is 2. The van der Waals surface area contributed by atoms with Crippen molar-refractivity contribution in [1.82, 2.24) is 14.9 Å². The Bertz CT molecular complexity index is 842. The highest BCUT2D eigenvalue weighted by Gasteiger charge is 2.30. The summed E-state index contributed by atoms with van der Waals surface area (Å²) in [5.41, 5.74) is 0.258. The van der Waals surface area contributed by atoms with E-state index in [1.165, 1.54) is 6.33 Å². The van der Waals surface area contributed by atoms with Gasteiger partial charge in [0.1, 0.15) is 6.33 Å². The molecular weight excluding hydrogens is 391 g/mol. The lowest BCUT2D eigenvalue weighted by atomic mass is 10.0. The van der Waals surface area contributed by atoms with Crippen molar-refractivity contribution in [3.63, 3.8) is 0 Å². The molecule has 10 heteroatoms. The number of anilines is 3. The van der Waals surface area contributed by atoms with E-state index in [2.05, 4.69) is 27.2 Å². The number of piperidine rings is 1. The van der Waals surface area contributed by atoms with E-state index in [9.17, 15) is 10.1 Å². The molecule has 0 radical (unpaired) electrons. The van der Waals surface area contributed by atoms with Crippen molar-refractivity contribution in [2.24, 2.45) is 0 Å².